The standard InChI is InChI=1S/C47H76O11/c1-4-6-8-9-17-24-30-39(41-35-45(52)58-47(41)55)31-25-19-15-16-21-27-33-44(51)57-37(3)36-56-43(50)32-26-20-14-12-10-11-13-18-23-29-38(28-22-7-5-2)40(46(53)54)34-42(48)49/h13,18,23,25,29,31,37-41H,4-12,14-17,19-22,24,26-28,30,32-36H2,1-3H3,(H,48,49)(H,53,54)/b18-13-,29-23+,31-25+. The number of aliphatic carboxylic acids is 2. The Balaban J connectivity index is 2.15. The first-order chi connectivity index (χ1) is 28.0. The summed E-state index contributed by atoms with van der Waals surface area (Å²) in [5, 5.41) is 18.7. The molecule has 0 aromatic heterocycles. The van der Waals surface area contributed by atoms with Gasteiger partial charge in [-0.1, -0.05) is 140 Å². The number of rotatable bonds is 37. The van der Waals surface area contributed by atoms with Crippen molar-refractivity contribution in [3.8, 4) is 0 Å². The second kappa shape index (κ2) is 34.1. The molecule has 0 amide bonds. The highest BCUT2D eigenvalue weighted by molar-refractivity contribution is 5.94. The van der Waals surface area contributed by atoms with Crippen LogP contribution in [0, 0.1) is 23.7 Å². The average molecular weight is 817 g/mol. The van der Waals surface area contributed by atoms with Crippen LogP contribution in [0.15, 0.2) is 36.5 Å². The van der Waals surface area contributed by atoms with Gasteiger partial charge in [0.1, 0.15) is 12.7 Å². The number of allylic oxidation sites excluding steroid dienone is 6. The zero-order valence-corrected chi connectivity index (χ0v) is 36.0. The molecule has 1 aliphatic heterocycles. The van der Waals surface area contributed by atoms with E-state index >= 15 is 0 Å². The molecule has 1 saturated heterocycles. The molecule has 330 valence electrons. The van der Waals surface area contributed by atoms with Crippen molar-refractivity contribution in [1.82, 2.24) is 0 Å². The minimum absolute atomic E-state index is 0.0339. The van der Waals surface area contributed by atoms with E-state index in [1.807, 2.05) is 24.3 Å². The van der Waals surface area contributed by atoms with Crippen molar-refractivity contribution in [3.05, 3.63) is 36.5 Å². The zero-order valence-electron chi connectivity index (χ0n) is 36.0. The van der Waals surface area contributed by atoms with E-state index in [4.69, 9.17) is 19.3 Å². The Labute approximate surface area is 348 Å². The second-order valence-electron chi connectivity index (χ2n) is 16.0. The Morgan fingerprint density at radius 3 is 1.90 bits per heavy atom. The van der Waals surface area contributed by atoms with Crippen LogP contribution in [-0.2, 0) is 43.0 Å². The number of carboxylic acids is 2. The third kappa shape index (κ3) is 27.0. The van der Waals surface area contributed by atoms with Gasteiger partial charge in [0.2, 0.25) is 0 Å². The van der Waals surface area contributed by atoms with E-state index in [0.717, 1.165) is 109 Å². The molecule has 0 aromatic carbocycles. The summed E-state index contributed by atoms with van der Waals surface area (Å²) in [6.07, 6.45) is 33.3. The first-order valence-corrected chi connectivity index (χ1v) is 22.5. The summed E-state index contributed by atoms with van der Waals surface area (Å²) < 4.78 is 15.6. The summed E-state index contributed by atoms with van der Waals surface area (Å²) >= 11 is 0. The number of carboxylic acid groups (broad SMARTS) is 2. The van der Waals surface area contributed by atoms with Crippen LogP contribution >= 0.6 is 0 Å². The third-order valence-electron chi connectivity index (χ3n) is 10.7. The average Bonchev–Trinajstić information content (AvgIpc) is 3.52. The van der Waals surface area contributed by atoms with E-state index in [9.17, 15) is 33.9 Å². The van der Waals surface area contributed by atoms with Crippen LogP contribution in [0.1, 0.15) is 188 Å². The van der Waals surface area contributed by atoms with Crippen molar-refractivity contribution in [1.29, 1.82) is 0 Å². The molecule has 5 unspecified atom stereocenters. The highest BCUT2D eigenvalue weighted by Gasteiger charge is 2.37. The van der Waals surface area contributed by atoms with Crippen molar-refractivity contribution < 1.29 is 53.2 Å². The number of carbonyl (C=O) groups is 6. The Bertz CT molecular complexity index is 1270. The van der Waals surface area contributed by atoms with E-state index in [2.05, 4.69) is 26.0 Å². The molecule has 11 heteroatoms. The topological polar surface area (TPSA) is 171 Å². The van der Waals surface area contributed by atoms with Crippen molar-refractivity contribution in [2.45, 2.75) is 194 Å². The largest absolute Gasteiger partial charge is 0.481 e. The highest BCUT2D eigenvalue weighted by Crippen LogP contribution is 2.30. The Morgan fingerprint density at radius 1 is 0.707 bits per heavy atom. The summed E-state index contributed by atoms with van der Waals surface area (Å²) in [7, 11) is 0. The monoisotopic (exact) mass is 817 g/mol. The van der Waals surface area contributed by atoms with Crippen LogP contribution in [0.3, 0.4) is 0 Å². The lowest BCUT2D eigenvalue weighted by atomic mass is 9.85. The summed E-state index contributed by atoms with van der Waals surface area (Å²) in [6, 6.07) is 0. The molecule has 58 heavy (non-hydrogen) atoms. The Morgan fingerprint density at radius 2 is 1.28 bits per heavy atom. The maximum Gasteiger partial charge on any atom is 0.317 e. The molecule has 0 bridgehead atoms. The van der Waals surface area contributed by atoms with Gasteiger partial charge in [0.05, 0.1) is 24.7 Å². The minimum atomic E-state index is -1.10. The zero-order chi connectivity index (χ0) is 42.8. The predicted octanol–water partition coefficient (Wildman–Crippen LogP) is 11.0. The van der Waals surface area contributed by atoms with Gasteiger partial charge in [0.25, 0.3) is 0 Å². The summed E-state index contributed by atoms with van der Waals surface area (Å²) in [6.45, 7) is 6.04. The predicted molar refractivity (Wildman–Crippen MR) is 226 cm³/mol. The van der Waals surface area contributed by atoms with Crippen molar-refractivity contribution in [2.75, 3.05) is 6.61 Å². The molecule has 1 heterocycles. The number of esters is 4. The van der Waals surface area contributed by atoms with Gasteiger partial charge in [-0.05, 0) is 70.1 Å². The van der Waals surface area contributed by atoms with Crippen LogP contribution in [0.25, 0.3) is 0 Å². The smallest absolute Gasteiger partial charge is 0.317 e. The highest BCUT2D eigenvalue weighted by atomic mass is 16.6. The van der Waals surface area contributed by atoms with E-state index in [1.54, 1.807) is 6.92 Å². The molecular weight excluding hydrogens is 741 g/mol. The van der Waals surface area contributed by atoms with Gasteiger partial charge in [-0.25, -0.2) is 0 Å². The summed E-state index contributed by atoms with van der Waals surface area (Å²) in [5.41, 5.74) is 0. The van der Waals surface area contributed by atoms with Gasteiger partial charge in [-0.3, -0.25) is 28.8 Å². The van der Waals surface area contributed by atoms with Gasteiger partial charge in [-0.2, -0.15) is 0 Å². The lowest BCUT2D eigenvalue weighted by Gasteiger charge is -2.19. The number of unbranched alkanes of at least 4 members (excludes halogenated alkanes) is 16. The van der Waals surface area contributed by atoms with Gasteiger partial charge >= 0.3 is 35.8 Å². The molecule has 1 fully saturated rings. The van der Waals surface area contributed by atoms with Crippen LogP contribution < -0.4 is 0 Å². The summed E-state index contributed by atoms with van der Waals surface area (Å²) in [4.78, 5) is 71.2. The normalized spacial score (nSPS) is 16.5. The van der Waals surface area contributed by atoms with Crippen LogP contribution in [0.2, 0.25) is 0 Å². The number of cyclic esters (lactones) is 2. The molecule has 5 atom stereocenters. The second-order valence-corrected chi connectivity index (χ2v) is 16.0. The van der Waals surface area contributed by atoms with Crippen LogP contribution in [0.4, 0.5) is 0 Å². The van der Waals surface area contributed by atoms with Crippen LogP contribution in [-0.4, -0.2) is 58.7 Å². The minimum Gasteiger partial charge on any atom is -0.481 e. The Kier molecular flexibility index (Phi) is 30.8. The fourth-order valence-electron chi connectivity index (χ4n) is 7.28. The van der Waals surface area contributed by atoms with Gasteiger partial charge in [0.15, 0.2) is 0 Å². The molecule has 0 aromatic rings. The molecule has 0 spiro atoms. The fraction of sp³-hybridized carbons (Fsp3) is 0.745. The molecule has 2 N–H and O–H groups in total. The molecule has 0 aliphatic carbocycles. The summed E-state index contributed by atoms with van der Waals surface area (Å²) in [5.74, 6) is -5.15. The van der Waals surface area contributed by atoms with Gasteiger partial charge in [-0.15, -0.1) is 0 Å². The van der Waals surface area contributed by atoms with E-state index < -0.39 is 35.9 Å². The quantitative estimate of drug-likeness (QED) is 0.0153. The Hall–Kier alpha value is -3.76. The van der Waals surface area contributed by atoms with Gasteiger partial charge < -0.3 is 24.4 Å². The van der Waals surface area contributed by atoms with Crippen molar-refractivity contribution in [3.63, 3.8) is 0 Å². The van der Waals surface area contributed by atoms with Crippen molar-refractivity contribution >= 4 is 35.8 Å². The molecule has 0 radical (unpaired) electrons. The fourth-order valence-corrected chi connectivity index (χ4v) is 7.28. The lowest BCUT2D eigenvalue weighted by Crippen LogP contribution is -2.25. The number of ether oxygens (including phenoxy) is 3. The molecule has 1 rings (SSSR count). The maximum absolute atomic E-state index is 12.3. The number of hydrogen-bond acceptors (Lipinski definition) is 9. The first kappa shape index (κ1) is 52.3. The molecule has 0 saturated carbocycles. The molecular formula is C47H76O11. The maximum atomic E-state index is 12.3. The third-order valence-corrected chi connectivity index (χ3v) is 10.7. The van der Waals surface area contributed by atoms with E-state index in [0.29, 0.717) is 19.3 Å². The van der Waals surface area contributed by atoms with Crippen molar-refractivity contribution in [2.24, 2.45) is 23.7 Å². The first-order valence-electron chi connectivity index (χ1n) is 22.5. The van der Waals surface area contributed by atoms with E-state index in [1.165, 1.54) is 25.7 Å². The number of carbonyl (C=O) groups excluding carboxylic acids is 4. The van der Waals surface area contributed by atoms with Gasteiger partial charge in [0, 0.05) is 12.8 Å². The number of hydrogen-bond donors (Lipinski definition) is 2. The van der Waals surface area contributed by atoms with E-state index in [-0.39, 0.29) is 49.1 Å². The molecule has 1 aliphatic rings. The van der Waals surface area contributed by atoms with Crippen LogP contribution in [0.5, 0.6) is 0 Å². The molecule has 11 nitrogen and oxygen atoms in total. The SMILES string of the molecule is CCCCCCCCC(/C=C/CCCCCCC(=O)OC(C)COC(=O)CCCCCCC/C=C\C=C\C(CCCCC)C(CC(=O)O)C(=O)O)C1CC(=O)OC1=O. The lowest BCUT2D eigenvalue weighted by molar-refractivity contribution is -0.158.